The maximum atomic E-state index is 12.8. The zero-order chi connectivity index (χ0) is 18.9. The number of pyridine rings is 1. The van der Waals surface area contributed by atoms with Gasteiger partial charge in [0, 0.05) is 29.6 Å². The number of thioether (sulfide) groups is 1. The monoisotopic (exact) mass is 390 g/mol. The van der Waals surface area contributed by atoms with E-state index >= 15 is 0 Å². The Morgan fingerprint density at radius 2 is 1.96 bits per heavy atom. The van der Waals surface area contributed by atoms with Gasteiger partial charge in [-0.3, -0.25) is 14.3 Å². The highest BCUT2D eigenvalue weighted by Crippen LogP contribution is 2.41. The number of nitrogens with zero attached hydrogens (tertiary/aromatic N) is 4. The molecule has 0 radical (unpaired) electrons. The van der Waals surface area contributed by atoms with Crippen molar-refractivity contribution in [2.24, 2.45) is 0 Å². The Morgan fingerprint density at radius 1 is 1.11 bits per heavy atom. The van der Waals surface area contributed by atoms with E-state index in [0.717, 1.165) is 47.8 Å². The van der Waals surface area contributed by atoms with Gasteiger partial charge in [-0.15, -0.1) is 10.2 Å². The maximum absolute atomic E-state index is 12.8. The van der Waals surface area contributed by atoms with Crippen molar-refractivity contribution in [3.05, 3.63) is 59.4 Å². The van der Waals surface area contributed by atoms with Crippen LogP contribution in [0.5, 0.6) is 0 Å². The van der Waals surface area contributed by atoms with E-state index in [-0.39, 0.29) is 5.78 Å². The van der Waals surface area contributed by atoms with Gasteiger partial charge in [0.25, 0.3) is 0 Å². The van der Waals surface area contributed by atoms with Crippen molar-refractivity contribution in [3.8, 4) is 11.4 Å². The normalized spacial score (nSPS) is 16.0. The Bertz CT molecular complexity index is 1010. The summed E-state index contributed by atoms with van der Waals surface area (Å²) in [6, 6.07) is 10.6. The number of hydrogen-bond donors (Lipinski definition) is 0. The van der Waals surface area contributed by atoms with Gasteiger partial charge in [0.15, 0.2) is 16.8 Å². The molecule has 0 bridgehead atoms. The molecule has 0 saturated heterocycles. The van der Waals surface area contributed by atoms with Crippen LogP contribution in [-0.2, 0) is 12.8 Å². The molecule has 5 rings (SSSR count). The van der Waals surface area contributed by atoms with Crippen LogP contribution in [0.2, 0.25) is 0 Å². The van der Waals surface area contributed by atoms with Crippen LogP contribution < -0.4 is 0 Å². The summed E-state index contributed by atoms with van der Waals surface area (Å²) < 4.78 is 2.18. The molecule has 0 atom stereocenters. The second kappa shape index (κ2) is 7.51. The number of aryl methyl sites for hydroxylation is 2. The highest BCUT2D eigenvalue weighted by atomic mass is 32.2. The van der Waals surface area contributed by atoms with Crippen LogP contribution in [0.25, 0.3) is 11.4 Å². The highest BCUT2D eigenvalue weighted by Gasteiger charge is 2.30. The van der Waals surface area contributed by atoms with Crippen molar-refractivity contribution >= 4 is 17.5 Å². The lowest BCUT2D eigenvalue weighted by molar-refractivity contribution is 0.102. The summed E-state index contributed by atoms with van der Waals surface area (Å²) in [6.07, 6.45) is 10.6. The van der Waals surface area contributed by atoms with Crippen molar-refractivity contribution in [1.82, 2.24) is 19.7 Å². The number of benzene rings is 1. The van der Waals surface area contributed by atoms with Crippen LogP contribution in [0.4, 0.5) is 0 Å². The molecule has 2 aliphatic carbocycles. The van der Waals surface area contributed by atoms with E-state index in [9.17, 15) is 4.79 Å². The van der Waals surface area contributed by atoms with E-state index in [4.69, 9.17) is 0 Å². The molecule has 1 aromatic carbocycles. The van der Waals surface area contributed by atoms with E-state index in [1.807, 2.05) is 24.4 Å². The van der Waals surface area contributed by atoms with Crippen molar-refractivity contribution in [2.75, 3.05) is 5.75 Å². The van der Waals surface area contributed by atoms with E-state index in [1.165, 1.54) is 35.7 Å². The van der Waals surface area contributed by atoms with Gasteiger partial charge >= 0.3 is 0 Å². The summed E-state index contributed by atoms with van der Waals surface area (Å²) in [4.78, 5) is 17.0. The molecule has 0 unspecified atom stereocenters. The zero-order valence-electron chi connectivity index (χ0n) is 15.7. The smallest absolute Gasteiger partial charge is 0.192 e. The molecule has 28 heavy (non-hydrogen) atoms. The Kier molecular flexibility index (Phi) is 4.72. The lowest BCUT2D eigenvalue weighted by Gasteiger charge is -2.16. The predicted molar refractivity (Wildman–Crippen MR) is 110 cm³/mol. The first-order chi connectivity index (χ1) is 13.8. The predicted octanol–water partition coefficient (Wildman–Crippen LogP) is 4.53. The Morgan fingerprint density at radius 3 is 2.75 bits per heavy atom. The Balaban J connectivity index is 1.34. The fourth-order valence-corrected chi connectivity index (χ4v) is 4.75. The lowest BCUT2D eigenvalue weighted by Crippen LogP contribution is -2.08. The first kappa shape index (κ1) is 17.6. The first-order valence-corrected chi connectivity index (χ1v) is 10.9. The number of fused-ring (bicyclic) bond motifs is 1. The Labute approximate surface area is 168 Å². The van der Waals surface area contributed by atoms with Crippen LogP contribution in [0.1, 0.15) is 53.2 Å². The molecule has 3 aromatic rings. The van der Waals surface area contributed by atoms with Crippen molar-refractivity contribution in [1.29, 1.82) is 0 Å². The van der Waals surface area contributed by atoms with Crippen molar-refractivity contribution < 1.29 is 4.79 Å². The zero-order valence-corrected chi connectivity index (χ0v) is 16.5. The number of carbonyl (C=O) groups is 1. The lowest BCUT2D eigenvalue weighted by atomic mass is 9.90. The SMILES string of the molecule is O=C(CSc1nnc(-c2cccnc2)n1C1CC1)c1ccc2c(c1)CCCC2. The molecule has 2 heterocycles. The summed E-state index contributed by atoms with van der Waals surface area (Å²) in [7, 11) is 0. The molecule has 2 aromatic heterocycles. The molecule has 1 fully saturated rings. The average Bonchev–Trinajstić information content (AvgIpc) is 3.51. The number of ketones is 1. The Hall–Kier alpha value is -2.47. The van der Waals surface area contributed by atoms with Crippen LogP contribution in [0.3, 0.4) is 0 Å². The maximum Gasteiger partial charge on any atom is 0.192 e. The number of carbonyl (C=O) groups excluding carboxylic acids is 1. The third kappa shape index (κ3) is 3.49. The molecule has 2 aliphatic rings. The molecule has 6 heteroatoms. The van der Waals surface area contributed by atoms with Crippen LogP contribution in [0.15, 0.2) is 47.9 Å². The molecular formula is C22H22N4OS. The fourth-order valence-electron chi connectivity index (χ4n) is 3.85. The summed E-state index contributed by atoms with van der Waals surface area (Å²) in [5.74, 6) is 1.39. The van der Waals surface area contributed by atoms with Gasteiger partial charge in [0.1, 0.15) is 0 Å². The van der Waals surface area contributed by atoms with E-state index in [2.05, 4.69) is 31.9 Å². The molecule has 0 aliphatic heterocycles. The standard InChI is InChI=1S/C22H22N4OS/c27-20(17-8-7-15-4-1-2-5-16(15)12-17)14-28-22-25-24-21(26(22)19-9-10-19)18-6-3-11-23-13-18/h3,6-8,11-13,19H,1-2,4-5,9-10,14H2. The topological polar surface area (TPSA) is 60.7 Å². The van der Waals surface area contributed by atoms with E-state index < -0.39 is 0 Å². The summed E-state index contributed by atoms with van der Waals surface area (Å²) >= 11 is 1.49. The molecule has 1 saturated carbocycles. The van der Waals surface area contributed by atoms with Gasteiger partial charge in [-0.25, -0.2) is 0 Å². The largest absolute Gasteiger partial charge is 0.299 e. The molecule has 5 nitrogen and oxygen atoms in total. The average molecular weight is 391 g/mol. The molecule has 0 spiro atoms. The molecule has 142 valence electrons. The quantitative estimate of drug-likeness (QED) is 0.457. The van der Waals surface area contributed by atoms with Crippen molar-refractivity contribution in [2.45, 2.75) is 49.7 Å². The minimum Gasteiger partial charge on any atom is -0.299 e. The van der Waals surface area contributed by atoms with Gasteiger partial charge < -0.3 is 0 Å². The summed E-state index contributed by atoms with van der Waals surface area (Å²) in [6.45, 7) is 0. The number of rotatable bonds is 6. The summed E-state index contributed by atoms with van der Waals surface area (Å²) in [5.41, 5.74) is 4.54. The van der Waals surface area contributed by atoms with Gasteiger partial charge in [0.2, 0.25) is 0 Å². The van der Waals surface area contributed by atoms with Crippen LogP contribution in [0, 0.1) is 0 Å². The van der Waals surface area contributed by atoms with Gasteiger partial charge in [-0.2, -0.15) is 0 Å². The minimum absolute atomic E-state index is 0.159. The van der Waals surface area contributed by atoms with Crippen LogP contribution >= 0.6 is 11.8 Å². The summed E-state index contributed by atoms with van der Waals surface area (Å²) in [5, 5.41) is 9.61. The molecular weight excluding hydrogens is 368 g/mol. The molecule has 0 amide bonds. The number of Topliss-reactive ketones (excluding diaryl/α,β-unsaturated/α-hetero) is 1. The minimum atomic E-state index is 0.159. The molecule has 0 N–H and O–H groups in total. The van der Waals surface area contributed by atoms with E-state index in [0.29, 0.717) is 11.8 Å². The van der Waals surface area contributed by atoms with Gasteiger partial charge in [-0.05, 0) is 67.9 Å². The van der Waals surface area contributed by atoms with Crippen molar-refractivity contribution in [3.63, 3.8) is 0 Å². The number of aromatic nitrogens is 4. The third-order valence-electron chi connectivity index (χ3n) is 5.50. The van der Waals surface area contributed by atoms with Crippen LogP contribution in [-0.4, -0.2) is 31.3 Å². The number of hydrogen-bond acceptors (Lipinski definition) is 5. The second-order valence-electron chi connectivity index (χ2n) is 7.55. The van der Waals surface area contributed by atoms with Gasteiger partial charge in [-0.1, -0.05) is 23.9 Å². The first-order valence-electron chi connectivity index (χ1n) is 9.93. The highest BCUT2D eigenvalue weighted by molar-refractivity contribution is 7.99. The fraction of sp³-hybridized carbons (Fsp3) is 0.364. The third-order valence-corrected chi connectivity index (χ3v) is 6.44. The second-order valence-corrected chi connectivity index (χ2v) is 8.49. The van der Waals surface area contributed by atoms with E-state index in [1.54, 1.807) is 6.20 Å². The van der Waals surface area contributed by atoms with Gasteiger partial charge in [0.05, 0.1) is 5.75 Å².